The second-order valence-corrected chi connectivity index (χ2v) is 7.30. The third kappa shape index (κ3) is 3.84. The summed E-state index contributed by atoms with van der Waals surface area (Å²) in [5.74, 6) is -0.322. The van der Waals surface area contributed by atoms with Crippen molar-refractivity contribution in [1.82, 2.24) is 14.5 Å². The van der Waals surface area contributed by atoms with Crippen molar-refractivity contribution in [3.63, 3.8) is 0 Å². The maximum absolute atomic E-state index is 13.2. The minimum atomic E-state index is -0.633. The van der Waals surface area contributed by atoms with Crippen molar-refractivity contribution in [2.75, 3.05) is 6.54 Å². The zero-order valence-corrected chi connectivity index (χ0v) is 17.0. The van der Waals surface area contributed by atoms with Gasteiger partial charge in [0.1, 0.15) is 6.54 Å². The molecule has 0 atom stereocenters. The molecule has 0 saturated heterocycles. The molecular formula is C20H19Cl2N3O3. The Morgan fingerprint density at radius 1 is 1.11 bits per heavy atom. The number of aryl methyl sites for hydroxylation is 1. The van der Waals surface area contributed by atoms with Crippen LogP contribution < -0.4 is 16.6 Å². The van der Waals surface area contributed by atoms with Crippen LogP contribution in [0.2, 0.25) is 10.0 Å². The van der Waals surface area contributed by atoms with Crippen LogP contribution in [0.15, 0.2) is 46.0 Å². The van der Waals surface area contributed by atoms with Crippen LogP contribution in [0.3, 0.4) is 0 Å². The molecule has 0 aliphatic rings. The van der Waals surface area contributed by atoms with Gasteiger partial charge in [0, 0.05) is 16.6 Å². The minimum Gasteiger partial charge on any atom is -0.355 e. The molecule has 0 aliphatic carbocycles. The van der Waals surface area contributed by atoms with E-state index in [0.717, 1.165) is 16.6 Å². The van der Waals surface area contributed by atoms with E-state index in [1.165, 1.54) is 10.6 Å². The van der Waals surface area contributed by atoms with E-state index < -0.39 is 11.2 Å². The summed E-state index contributed by atoms with van der Waals surface area (Å²) in [7, 11) is 0. The highest BCUT2D eigenvalue weighted by Gasteiger charge is 2.17. The smallest absolute Gasteiger partial charge is 0.336 e. The Hall–Kier alpha value is -2.57. The average Bonchev–Trinajstić information content (AvgIpc) is 2.66. The molecule has 0 fully saturated rings. The summed E-state index contributed by atoms with van der Waals surface area (Å²) >= 11 is 12.3. The lowest BCUT2D eigenvalue weighted by molar-refractivity contribution is -0.121. The topological polar surface area (TPSA) is 73.1 Å². The molecule has 28 heavy (non-hydrogen) atoms. The van der Waals surface area contributed by atoms with Crippen LogP contribution in [0.1, 0.15) is 18.9 Å². The molecule has 1 heterocycles. The number of benzene rings is 2. The fourth-order valence-electron chi connectivity index (χ4n) is 2.91. The maximum Gasteiger partial charge on any atom is 0.336 e. The number of halogens is 2. The summed E-state index contributed by atoms with van der Waals surface area (Å²) in [4.78, 5) is 38.5. The lowest BCUT2D eigenvalue weighted by atomic mass is 10.2. The van der Waals surface area contributed by atoms with Crippen molar-refractivity contribution in [3.05, 3.63) is 72.8 Å². The summed E-state index contributed by atoms with van der Waals surface area (Å²) < 4.78 is 2.27. The number of rotatable bonds is 5. The number of nitrogens with one attached hydrogen (secondary N) is 1. The predicted molar refractivity (Wildman–Crippen MR) is 112 cm³/mol. The first-order valence-electron chi connectivity index (χ1n) is 8.81. The zero-order valence-electron chi connectivity index (χ0n) is 15.5. The van der Waals surface area contributed by atoms with Gasteiger partial charge < -0.3 is 5.32 Å². The fraction of sp³-hybridized carbons (Fsp3) is 0.250. The van der Waals surface area contributed by atoms with Crippen molar-refractivity contribution in [3.8, 4) is 5.69 Å². The van der Waals surface area contributed by atoms with E-state index in [0.29, 0.717) is 27.8 Å². The first-order chi connectivity index (χ1) is 13.3. The van der Waals surface area contributed by atoms with Crippen LogP contribution in [-0.2, 0) is 11.3 Å². The molecule has 3 aromatic rings. The van der Waals surface area contributed by atoms with Crippen LogP contribution in [0.4, 0.5) is 0 Å². The second-order valence-electron chi connectivity index (χ2n) is 6.45. The van der Waals surface area contributed by atoms with E-state index in [1.807, 2.05) is 13.8 Å². The molecule has 0 radical (unpaired) electrons. The van der Waals surface area contributed by atoms with E-state index in [1.54, 1.807) is 30.3 Å². The fourth-order valence-corrected chi connectivity index (χ4v) is 3.25. The third-order valence-corrected chi connectivity index (χ3v) is 5.04. The summed E-state index contributed by atoms with van der Waals surface area (Å²) in [6, 6.07) is 9.57. The van der Waals surface area contributed by atoms with Gasteiger partial charge in [-0.1, -0.05) is 36.2 Å². The molecule has 0 saturated carbocycles. The van der Waals surface area contributed by atoms with Gasteiger partial charge >= 0.3 is 5.69 Å². The number of carbonyl (C=O) groups excluding carboxylic acids is 1. The van der Waals surface area contributed by atoms with E-state index in [2.05, 4.69) is 5.32 Å². The van der Waals surface area contributed by atoms with Crippen LogP contribution in [0.5, 0.6) is 0 Å². The van der Waals surface area contributed by atoms with Crippen LogP contribution in [0.25, 0.3) is 16.6 Å². The maximum atomic E-state index is 13.2. The molecule has 146 valence electrons. The number of aromatic nitrogens is 2. The Kier molecular flexibility index (Phi) is 5.91. The zero-order chi connectivity index (χ0) is 20.4. The molecule has 2 aromatic carbocycles. The normalized spacial score (nSPS) is 11.0. The molecule has 6 nitrogen and oxygen atoms in total. The molecule has 1 aromatic heterocycles. The van der Waals surface area contributed by atoms with Crippen molar-refractivity contribution in [2.24, 2.45) is 0 Å². The molecule has 1 amide bonds. The number of fused-ring (bicyclic) bond motifs is 1. The summed E-state index contributed by atoms with van der Waals surface area (Å²) in [5, 5.41) is 3.82. The van der Waals surface area contributed by atoms with Crippen LogP contribution in [0, 0.1) is 6.92 Å². The predicted octanol–water partition coefficient (Wildman–Crippen LogP) is 3.29. The number of hydrogen-bond donors (Lipinski definition) is 1. The first kappa shape index (κ1) is 20.2. The summed E-state index contributed by atoms with van der Waals surface area (Å²) in [6.45, 7) is 4.03. The Morgan fingerprint density at radius 2 is 1.86 bits per heavy atom. The lowest BCUT2D eigenvalue weighted by Crippen LogP contribution is -2.42. The molecular weight excluding hydrogens is 401 g/mol. The Bertz CT molecular complexity index is 1180. The van der Waals surface area contributed by atoms with E-state index >= 15 is 0 Å². The monoisotopic (exact) mass is 419 g/mol. The highest BCUT2D eigenvalue weighted by molar-refractivity contribution is 6.31. The highest BCUT2D eigenvalue weighted by atomic mass is 35.5. The van der Waals surface area contributed by atoms with Crippen molar-refractivity contribution in [1.29, 1.82) is 0 Å². The Labute approximate surface area is 171 Å². The van der Waals surface area contributed by atoms with Gasteiger partial charge in [0.25, 0.3) is 5.56 Å². The highest BCUT2D eigenvalue weighted by Crippen LogP contribution is 2.20. The molecule has 0 unspecified atom stereocenters. The number of amides is 1. The van der Waals surface area contributed by atoms with Crippen molar-refractivity contribution >= 4 is 40.0 Å². The van der Waals surface area contributed by atoms with E-state index in [4.69, 9.17) is 23.2 Å². The van der Waals surface area contributed by atoms with Gasteiger partial charge in [-0.05, 0) is 49.2 Å². The van der Waals surface area contributed by atoms with Crippen molar-refractivity contribution in [2.45, 2.75) is 26.8 Å². The van der Waals surface area contributed by atoms with Gasteiger partial charge in [-0.15, -0.1) is 0 Å². The summed E-state index contributed by atoms with van der Waals surface area (Å²) in [6.07, 6.45) is 0.772. The Morgan fingerprint density at radius 3 is 2.54 bits per heavy atom. The molecule has 0 spiro atoms. The average molecular weight is 420 g/mol. The van der Waals surface area contributed by atoms with Gasteiger partial charge in [-0.3, -0.25) is 14.2 Å². The molecule has 0 bridgehead atoms. The Balaban J connectivity index is 2.29. The lowest BCUT2D eigenvalue weighted by Gasteiger charge is -2.15. The number of hydrogen-bond acceptors (Lipinski definition) is 3. The second kappa shape index (κ2) is 8.20. The molecule has 8 heteroatoms. The van der Waals surface area contributed by atoms with Crippen LogP contribution >= 0.6 is 23.2 Å². The first-order valence-corrected chi connectivity index (χ1v) is 9.57. The van der Waals surface area contributed by atoms with E-state index in [-0.39, 0.29) is 17.8 Å². The summed E-state index contributed by atoms with van der Waals surface area (Å²) in [5.41, 5.74) is 0.340. The van der Waals surface area contributed by atoms with E-state index in [9.17, 15) is 14.4 Å². The molecule has 3 rings (SSSR count). The van der Waals surface area contributed by atoms with Gasteiger partial charge in [-0.25, -0.2) is 9.36 Å². The molecule has 0 aliphatic heterocycles. The standard InChI is InChI=1S/C20H19Cl2N3O3/c1-3-8-23-18(26)11-24-17-9-13(21)5-7-15(17)19(27)25(20(24)28)14-6-4-12(2)16(22)10-14/h4-7,9-10H,3,8,11H2,1-2H3,(H,23,26). The van der Waals surface area contributed by atoms with Gasteiger partial charge in [-0.2, -0.15) is 0 Å². The van der Waals surface area contributed by atoms with Crippen LogP contribution in [-0.4, -0.2) is 21.6 Å². The quantitative estimate of drug-likeness (QED) is 0.689. The number of carbonyl (C=O) groups is 1. The van der Waals surface area contributed by atoms with Gasteiger partial charge in [0.15, 0.2) is 0 Å². The minimum absolute atomic E-state index is 0.227. The largest absolute Gasteiger partial charge is 0.355 e. The van der Waals surface area contributed by atoms with Crippen molar-refractivity contribution < 1.29 is 4.79 Å². The third-order valence-electron chi connectivity index (χ3n) is 4.39. The number of nitrogens with zero attached hydrogens (tertiary/aromatic N) is 2. The molecule has 1 N–H and O–H groups in total. The van der Waals surface area contributed by atoms with Gasteiger partial charge in [0.2, 0.25) is 5.91 Å². The SMILES string of the molecule is CCCNC(=O)Cn1c(=O)n(-c2ccc(C)c(Cl)c2)c(=O)c2ccc(Cl)cc21. The van der Waals surface area contributed by atoms with Gasteiger partial charge in [0.05, 0.1) is 16.6 Å².